The highest BCUT2D eigenvalue weighted by atomic mass is 16.5. The molecule has 0 spiro atoms. The van der Waals surface area contributed by atoms with Crippen LogP contribution in [0.25, 0.3) is 0 Å². The number of ether oxygens (including phenoxy) is 1. The van der Waals surface area contributed by atoms with Crippen molar-refractivity contribution in [2.45, 2.75) is 25.8 Å². The van der Waals surface area contributed by atoms with Crippen molar-refractivity contribution in [3.8, 4) is 5.88 Å². The minimum atomic E-state index is -0.455. The number of amides is 2. The number of nitrogens with two attached hydrogens (primary N) is 1. The highest BCUT2D eigenvalue weighted by Crippen LogP contribution is 2.22. The molecule has 7 nitrogen and oxygen atoms in total. The van der Waals surface area contributed by atoms with E-state index in [1.807, 2.05) is 6.92 Å². The minimum absolute atomic E-state index is 0.159. The summed E-state index contributed by atoms with van der Waals surface area (Å²) in [5.41, 5.74) is 6.19. The number of imide groups is 1. The lowest BCUT2D eigenvalue weighted by Crippen LogP contribution is -2.48. The van der Waals surface area contributed by atoms with Gasteiger partial charge in [0.1, 0.15) is 11.9 Å². The molecule has 0 radical (unpaired) electrons. The smallest absolute Gasteiger partial charge is 0.251 e. The lowest BCUT2D eigenvalue weighted by atomic mass is 10.0. The summed E-state index contributed by atoms with van der Waals surface area (Å²) in [6, 6.07) is 2.90. The van der Waals surface area contributed by atoms with Crippen molar-refractivity contribution in [3.63, 3.8) is 0 Å². The first-order valence-electron chi connectivity index (χ1n) is 6.49. The summed E-state index contributed by atoms with van der Waals surface area (Å²) in [4.78, 5) is 28.7. The van der Waals surface area contributed by atoms with E-state index in [0.717, 1.165) is 4.90 Å². The third kappa shape index (κ3) is 2.81. The first kappa shape index (κ1) is 14.1. The second-order valence-electron chi connectivity index (χ2n) is 4.55. The molecule has 0 saturated carbocycles. The zero-order valence-corrected chi connectivity index (χ0v) is 11.5. The zero-order valence-electron chi connectivity index (χ0n) is 11.5. The van der Waals surface area contributed by atoms with Crippen LogP contribution in [0, 0.1) is 0 Å². The number of nitrogens with one attached hydrogen (secondary N) is 1. The van der Waals surface area contributed by atoms with Gasteiger partial charge in [-0.3, -0.25) is 14.5 Å². The molecule has 20 heavy (non-hydrogen) atoms. The monoisotopic (exact) mass is 278 g/mol. The van der Waals surface area contributed by atoms with Gasteiger partial charge in [-0.15, -0.1) is 0 Å². The number of aromatic nitrogens is 1. The maximum absolute atomic E-state index is 12.0. The molecule has 1 saturated heterocycles. The zero-order chi connectivity index (χ0) is 14.7. The Hall–Kier alpha value is -2.31. The number of pyridine rings is 1. The van der Waals surface area contributed by atoms with Gasteiger partial charge in [0.25, 0.3) is 5.91 Å². The van der Waals surface area contributed by atoms with Gasteiger partial charge in [0, 0.05) is 13.5 Å². The number of piperidine rings is 1. The molecule has 0 aliphatic carbocycles. The number of rotatable bonds is 4. The fourth-order valence-electron chi connectivity index (χ4n) is 2.01. The van der Waals surface area contributed by atoms with Crippen LogP contribution in [-0.4, -0.2) is 41.4 Å². The molecule has 108 valence electrons. The van der Waals surface area contributed by atoms with Gasteiger partial charge in [0.2, 0.25) is 11.8 Å². The Morgan fingerprint density at radius 3 is 2.95 bits per heavy atom. The second-order valence-corrected chi connectivity index (χ2v) is 4.55. The SMILES string of the molecule is CCOc1nc(NC2CCC(=O)N(C)C2=O)ccc1N. The highest BCUT2D eigenvalue weighted by Gasteiger charge is 2.31. The Morgan fingerprint density at radius 2 is 2.25 bits per heavy atom. The summed E-state index contributed by atoms with van der Waals surface area (Å²) >= 11 is 0. The molecule has 2 rings (SSSR count). The van der Waals surface area contributed by atoms with Crippen molar-refractivity contribution in [2.75, 3.05) is 24.7 Å². The first-order valence-corrected chi connectivity index (χ1v) is 6.49. The van der Waals surface area contributed by atoms with Crippen molar-refractivity contribution >= 4 is 23.3 Å². The van der Waals surface area contributed by atoms with E-state index >= 15 is 0 Å². The summed E-state index contributed by atoms with van der Waals surface area (Å²) < 4.78 is 5.31. The third-order valence-corrected chi connectivity index (χ3v) is 3.14. The molecule has 1 aliphatic rings. The predicted octanol–water partition coefficient (Wildman–Crippen LogP) is 0.622. The Bertz CT molecular complexity index is 532. The van der Waals surface area contributed by atoms with Crippen LogP contribution in [0.4, 0.5) is 11.5 Å². The molecule has 1 aromatic rings. The van der Waals surface area contributed by atoms with Crippen LogP contribution in [0.1, 0.15) is 19.8 Å². The van der Waals surface area contributed by atoms with Crippen LogP contribution in [-0.2, 0) is 9.59 Å². The number of likely N-dealkylation sites (N-methyl/N-ethyl adjacent to an activating group) is 1. The van der Waals surface area contributed by atoms with Crippen molar-refractivity contribution in [1.29, 1.82) is 0 Å². The fourth-order valence-corrected chi connectivity index (χ4v) is 2.01. The molecule has 1 aliphatic heterocycles. The maximum Gasteiger partial charge on any atom is 0.251 e. The van der Waals surface area contributed by atoms with E-state index in [9.17, 15) is 9.59 Å². The average molecular weight is 278 g/mol. The standard InChI is InChI=1S/C13H18N4O3/c1-3-20-12-8(14)4-6-10(16-12)15-9-5-7-11(18)17(2)13(9)19/h4,6,9H,3,5,7,14H2,1-2H3,(H,15,16). The number of hydrogen-bond donors (Lipinski definition) is 2. The minimum Gasteiger partial charge on any atom is -0.476 e. The molecule has 7 heteroatoms. The van der Waals surface area contributed by atoms with Crippen molar-refractivity contribution in [1.82, 2.24) is 9.88 Å². The van der Waals surface area contributed by atoms with Crippen molar-refractivity contribution < 1.29 is 14.3 Å². The predicted molar refractivity (Wildman–Crippen MR) is 74.2 cm³/mol. The van der Waals surface area contributed by atoms with Crippen molar-refractivity contribution in [3.05, 3.63) is 12.1 Å². The molecule has 3 N–H and O–H groups in total. The lowest BCUT2D eigenvalue weighted by Gasteiger charge is -2.28. The number of carbonyl (C=O) groups is 2. The molecule has 0 aromatic carbocycles. The molecule has 2 heterocycles. The van der Waals surface area contributed by atoms with Gasteiger partial charge in [-0.2, -0.15) is 4.98 Å². The highest BCUT2D eigenvalue weighted by molar-refractivity contribution is 6.01. The normalized spacial score (nSPS) is 19.1. The van der Waals surface area contributed by atoms with Crippen LogP contribution >= 0.6 is 0 Å². The Kier molecular flexibility index (Phi) is 4.07. The molecular weight excluding hydrogens is 260 g/mol. The van der Waals surface area contributed by atoms with E-state index in [1.54, 1.807) is 12.1 Å². The van der Waals surface area contributed by atoms with Crippen LogP contribution in [0.3, 0.4) is 0 Å². The van der Waals surface area contributed by atoms with E-state index in [0.29, 0.717) is 36.8 Å². The topological polar surface area (TPSA) is 97.5 Å². The summed E-state index contributed by atoms with van der Waals surface area (Å²) in [6.07, 6.45) is 0.797. The van der Waals surface area contributed by atoms with Gasteiger partial charge >= 0.3 is 0 Å². The summed E-state index contributed by atoms with van der Waals surface area (Å²) in [7, 11) is 1.49. The molecule has 0 bridgehead atoms. The van der Waals surface area contributed by atoms with Gasteiger partial charge in [-0.05, 0) is 25.5 Å². The fraction of sp³-hybridized carbons (Fsp3) is 0.462. The van der Waals surface area contributed by atoms with Gasteiger partial charge in [-0.25, -0.2) is 0 Å². The first-order chi connectivity index (χ1) is 9.52. The maximum atomic E-state index is 12.0. The molecule has 1 aromatic heterocycles. The number of anilines is 2. The van der Waals surface area contributed by atoms with Gasteiger partial charge in [-0.1, -0.05) is 0 Å². The molecule has 1 atom stereocenters. The van der Waals surface area contributed by atoms with E-state index in [4.69, 9.17) is 10.5 Å². The lowest BCUT2D eigenvalue weighted by molar-refractivity contribution is -0.146. The van der Waals surface area contributed by atoms with Crippen LogP contribution < -0.4 is 15.8 Å². The van der Waals surface area contributed by atoms with Crippen molar-refractivity contribution in [2.24, 2.45) is 0 Å². The van der Waals surface area contributed by atoms with Gasteiger partial charge in [0.05, 0.1) is 12.3 Å². The Balaban J connectivity index is 2.12. The Morgan fingerprint density at radius 1 is 1.50 bits per heavy atom. The quantitative estimate of drug-likeness (QED) is 0.784. The number of hydrogen-bond acceptors (Lipinski definition) is 6. The van der Waals surface area contributed by atoms with E-state index in [-0.39, 0.29) is 11.8 Å². The van der Waals surface area contributed by atoms with Gasteiger partial charge in [0.15, 0.2) is 0 Å². The van der Waals surface area contributed by atoms with Crippen LogP contribution in [0.2, 0.25) is 0 Å². The molecular formula is C13H18N4O3. The summed E-state index contributed by atoms with van der Waals surface area (Å²) in [5, 5.41) is 3.02. The van der Waals surface area contributed by atoms with E-state index in [1.165, 1.54) is 7.05 Å². The Labute approximate surface area is 117 Å². The van der Waals surface area contributed by atoms with Gasteiger partial charge < -0.3 is 15.8 Å². The molecule has 1 fully saturated rings. The number of nitrogen functional groups attached to an aromatic ring is 1. The number of carbonyl (C=O) groups excluding carboxylic acids is 2. The van der Waals surface area contributed by atoms with Crippen LogP contribution in [0.15, 0.2) is 12.1 Å². The third-order valence-electron chi connectivity index (χ3n) is 3.14. The average Bonchev–Trinajstić information content (AvgIpc) is 2.43. The summed E-state index contributed by atoms with van der Waals surface area (Å²) in [6.45, 7) is 2.30. The molecule has 1 unspecified atom stereocenters. The largest absolute Gasteiger partial charge is 0.476 e. The summed E-state index contributed by atoms with van der Waals surface area (Å²) in [5.74, 6) is 0.431. The van der Waals surface area contributed by atoms with E-state index < -0.39 is 6.04 Å². The number of likely N-dealkylation sites (tertiary alicyclic amines) is 1. The number of nitrogens with zero attached hydrogens (tertiary/aromatic N) is 2. The molecule has 2 amide bonds. The van der Waals surface area contributed by atoms with Crippen LogP contribution in [0.5, 0.6) is 5.88 Å². The second kappa shape index (κ2) is 5.77. The van der Waals surface area contributed by atoms with E-state index in [2.05, 4.69) is 10.3 Å².